The van der Waals surface area contributed by atoms with Crippen LogP contribution >= 0.6 is 11.8 Å². The Labute approximate surface area is 224 Å². The molecule has 1 aliphatic carbocycles. The van der Waals surface area contributed by atoms with E-state index in [2.05, 4.69) is 40.0 Å². The lowest BCUT2D eigenvalue weighted by atomic mass is 9.80. The van der Waals surface area contributed by atoms with Crippen molar-refractivity contribution < 1.29 is 14.0 Å². The minimum atomic E-state index is -0.641. The smallest absolute Gasteiger partial charge is 0.253 e. The molecule has 3 aliphatic rings. The molecular weight excluding hydrogens is 487 g/mol. The van der Waals surface area contributed by atoms with Crippen LogP contribution in [0, 0.1) is 18.8 Å². The van der Waals surface area contributed by atoms with Gasteiger partial charge in [0, 0.05) is 59.6 Å². The number of amides is 2. The maximum Gasteiger partial charge on any atom is 0.253 e. The fraction of sp³-hybridized carbons (Fsp3) is 0.655. The Balaban J connectivity index is 1.32. The molecular formula is C29H41FN4O2S. The molecule has 1 saturated carbocycles. The van der Waals surface area contributed by atoms with Gasteiger partial charge in [0.2, 0.25) is 5.91 Å². The molecule has 3 unspecified atom stereocenters. The highest BCUT2D eigenvalue weighted by Gasteiger charge is 2.37. The summed E-state index contributed by atoms with van der Waals surface area (Å²) < 4.78 is 15.7. The van der Waals surface area contributed by atoms with Gasteiger partial charge in [0.25, 0.3) is 5.91 Å². The summed E-state index contributed by atoms with van der Waals surface area (Å²) in [6.45, 7) is 7.92. The average molecular weight is 529 g/mol. The summed E-state index contributed by atoms with van der Waals surface area (Å²) in [7, 11) is 0. The van der Waals surface area contributed by atoms with E-state index < -0.39 is 6.17 Å². The van der Waals surface area contributed by atoms with Crippen LogP contribution in [0.4, 0.5) is 4.39 Å². The van der Waals surface area contributed by atoms with E-state index in [0.29, 0.717) is 31.6 Å². The number of likely N-dealkylation sites (tertiary alicyclic amines) is 1. The summed E-state index contributed by atoms with van der Waals surface area (Å²) in [4.78, 5) is 28.6. The van der Waals surface area contributed by atoms with Crippen LogP contribution in [-0.4, -0.2) is 70.7 Å². The highest BCUT2D eigenvalue weighted by Crippen LogP contribution is 2.39. The number of piperidine rings is 1. The van der Waals surface area contributed by atoms with Crippen LogP contribution in [0.25, 0.3) is 10.9 Å². The van der Waals surface area contributed by atoms with Crippen LogP contribution in [0.15, 0.2) is 24.3 Å². The Kier molecular flexibility index (Phi) is 7.87. The highest BCUT2D eigenvalue weighted by atomic mass is 32.2. The molecule has 0 radical (unpaired) electrons. The number of nitrogens with one attached hydrogen (secondary N) is 2. The number of aromatic nitrogens is 1. The van der Waals surface area contributed by atoms with Gasteiger partial charge in [0.1, 0.15) is 6.17 Å². The summed E-state index contributed by atoms with van der Waals surface area (Å²) in [5.41, 5.74) is 2.80. The first-order valence-electron chi connectivity index (χ1n) is 13.9. The first-order valence-corrected chi connectivity index (χ1v) is 15.2. The highest BCUT2D eigenvalue weighted by molar-refractivity contribution is 7.99. The van der Waals surface area contributed by atoms with Crippen molar-refractivity contribution in [1.82, 2.24) is 20.1 Å². The number of para-hydroxylation sites is 1. The molecule has 5 rings (SSSR count). The van der Waals surface area contributed by atoms with E-state index >= 15 is 0 Å². The van der Waals surface area contributed by atoms with Gasteiger partial charge >= 0.3 is 0 Å². The molecule has 1 aromatic carbocycles. The summed E-state index contributed by atoms with van der Waals surface area (Å²) in [6.07, 6.45) is 6.79. The molecule has 4 atom stereocenters. The third-order valence-electron chi connectivity index (χ3n) is 9.14. The first kappa shape index (κ1) is 26.5. The summed E-state index contributed by atoms with van der Waals surface area (Å²) >= 11 is 1.71. The largest absolute Gasteiger partial charge is 0.353 e. The number of fused-ring (bicyclic) bond motifs is 1. The van der Waals surface area contributed by atoms with Crippen molar-refractivity contribution in [2.24, 2.45) is 11.8 Å². The van der Waals surface area contributed by atoms with Gasteiger partial charge in [-0.2, -0.15) is 11.8 Å². The number of rotatable bonds is 7. The summed E-state index contributed by atoms with van der Waals surface area (Å²) in [6, 6.07) is 9.13. The van der Waals surface area contributed by atoms with Crippen molar-refractivity contribution in [3.63, 3.8) is 0 Å². The van der Waals surface area contributed by atoms with E-state index in [0.717, 1.165) is 54.3 Å². The first-order chi connectivity index (χ1) is 17.8. The number of nitrogens with zero attached hydrogens (tertiary/aromatic N) is 2. The van der Waals surface area contributed by atoms with Crippen LogP contribution in [-0.2, 0) is 4.79 Å². The zero-order valence-electron chi connectivity index (χ0n) is 22.5. The molecule has 0 bridgehead atoms. The van der Waals surface area contributed by atoms with Crippen LogP contribution < -0.4 is 10.6 Å². The predicted molar refractivity (Wildman–Crippen MR) is 149 cm³/mol. The maximum absolute atomic E-state index is 13.6. The molecule has 3 heterocycles. The predicted octanol–water partition coefficient (Wildman–Crippen LogP) is 4.71. The van der Waals surface area contributed by atoms with Crippen molar-refractivity contribution in [3.05, 3.63) is 35.5 Å². The number of thioether (sulfide) groups is 1. The molecule has 1 aromatic heterocycles. The molecule has 6 nitrogen and oxygen atoms in total. The number of benzene rings is 1. The van der Waals surface area contributed by atoms with E-state index in [1.54, 1.807) is 11.8 Å². The minimum absolute atomic E-state index is 0.0297. The summed E-state index contributed by atoms with van der Waals surface area (Å²) in [5, 5.41) is 7.33. The fourth-order valence-corrected chi connectivity index (χ4v) is 8.01. The lowest BCUT2D eigenvalue weighted by Gasteiger charge is -2.44. The second-order valence-electron chi connectivity index (χ2n) is 11.4. The SMILES string of the molecule is CSC1CC(C)NC(=O)C1CNC(=O)c1c(C)n([C@H](C)C2CCC(N3CC(F)C3)CC2)c2ccccc12. The van der Waals surface area contributed by atoms with Crippen LogP contribution in [0.1, 0.15) is 68.0 Å². The van der Waals surface area contributed by atoms with E-state index in [4.69, 9.17) is 0 Å². The Morgan fingerprint density at radius 1 is 1.22 bits per heavy atom. The lowest BCUT2D eigenvalue weighted by Crippen LogP contribution is -2.54. The maximum atomic E-state index is 13.6. The van der Waals surface area contributed by atoms with Gasteiger partial charge in [-0.05, 0) is 71.1 Å². The Morgan fingerprint density at radius 2 is 1.92 bits per heavy atom. The van der Waals surface area contributed by atoms with Crippen LogP contribution in [0.3, 0.4) is 0 Å². The third-order valence-corrected chi connectivity index (χ3v) is 10.3. The Hall–Kier alpha value is -2.06. The van der Waals surface area contributed by atoms with Crippen molar-refractivity contribution in [1.29, 1.82) is 0 Å². The van der Waals surface area contributed by atoms with E-state index in [-0.39, 0.29) is 35.1 Å². The molecule has 2 saturated heterocycles. The zero-order valence-corrected chi connectivity index (χ0v) is 23.3. The molecule has 3 fully saturated rings. The van der Waals surface area contributed by atoms with Gasteiger partial charge in [0.15, 0.2) is 0 Å². The fourth-order valence-electron chi connectivity index (χ4n) is 6.98. The number of halogens is 1. The van der Waals surface area contributed by atoms with Gasteiger partial charge in [-0.3, -0.25) is 14.5 Å². The van der Waals surface area contributed by atoms with Gasteiger partial charge in [-0.1, -0.05) is 18.2 Å². The summed E-state index contributed by atoms with van der Waals surface area (Å²) in [5.74, 6) is 0.228. The normalized spacial score (nSPS) is 30.1. The molecule has 0 spiro atoms. The molecule has 202 valence electrons. The van der Waals surface area contributed by atoms with Crippen LogP contribution in [0.2, 0.25) is 0 Å². The molecule has 2 N–H and O–H groups in total. The standard InChI is InChI=1S/C29H41FN4O2S/c1-17-13-26(37-4)24(28(35)32-17)14-31-29(36)27-19(3)34(25-8-6-5-7-23(25)27)18(2)20-9-11-22(12-10-20)33-15-21(30)16-33/h5-8,17-18,20-22,24,26H,9-16H2,1-4H3,(H,31,36)(H,32,35)/t17?,18-,20?,22?,24?,26?/m1/s1. The van der Waals surface area contributed by atoms with Gasteiger partial charge < -0.3 is 15.2 Å². The van der Waals surface area contributed by atoms with E-state index in [1.807, 2.05) is 31.4 Å². The Morgan fingerprint density at radius 3 is 2.59 bits per heavy atom. The van der Waals surface area contributed by atoms with Crippen molar-refractivity contribution in [3.8, 4) is 0 Å². The van der Waals surface area contributed by atoms with Gasteiger partial charge in [-0.15, -0.1) is 0 Å². The van der Waals surface area contributed by atoms with Crippen molar-refractivity contribution >= 4 is 34.5 Å². The lowest BCUT2D eigenvalue weighted by molar-refractivity contribution is -0.127. The molecule has 8 heteroatoms. The van der Waals surface area contributed by atoms with E-state index in [1.165, 1.54) is 0 Å². The molecule has 2 amide bonds. The Bertz CT molecular complexity index is 1140. The number of hydrogen-bond donors (Lipinski definition) is 2. The monoisotopic (exact) mass is 528 g/mol. The minimum Gasteiger partial charge on any atom is -0.353 e. The van der Waals surface area contributed by atoms with E-state index in [9.17, 15) is 14.0 Å². The third kappa shape index (κ3) is 5.16. The quantitative estimate of drug-likeness (QED) is 0.546. The van der Waals surface area contributed by atoms with Crippen molar-refractivity contribution in [2.75, 3.05) is 25.9 Å². The average Bonchev–Trinajstić information content (AvgIpc) is 3.17. The molecule has 2 aromatic rings. The van der Waals surface area contributed by atoms with Gasteiger partial charge in [-0.25, -0.2) is 4.39 Å². The second-order valence-corrected chi connectivity index (χ2v) is 12.5. The van der Waals surface area contributed by atoms with Crippen molar-refractivity contribution in [2.45, 2.75) is 82.4 Å². The zero-order chi connectivity index (χ0) is 26.3. The number of carbonyl (C=O) groups excluding carboxylic acids is 2. The topological polar surface area (TPSA) is 66.4 Å². The van der Waals surface area contributed by atoms with Crippen LogP contribution in [0.5, 0.6) is 0 Å². The molecule has 2 aliphatic heterocycles. The number of hydrogen-bond acceptors (Lipinski definition) is 4. The number of alkyl halides is 1. The number of carbonyl (C=O) groups is 2. The second kappa shape index (κ2) is 11.0. The molecule has 37 heavy (non-hydrogen) atoms. The van der Waals surface area contributed by atoms with Gasteiger partial charge in [0.05, 0.1) is 11.5 Å².